The monoisotopic (exact) mass is 696 g/mol. The molecule has 3 amide bonds. The van der Waals surface area contributed by atoms with E-state index in [1.54, 1.807) is 30.3 Å². The van der Waals surface area contributed by atoms with Crippen LogP contribution in [0, 0.1) is 5.41 Å². The molecule has 258 valence electrons. The highest BCUT2D eigenvalue weighted by Crippen LogP contribution is 2.47. The van der Waals surface area contributed by atoms with E-state index < -0.39 is 46.3 Å². The van der Waals surface area contributed by atoms with Crippen LogP contribution in [0.15, 0.2) is 82.6 Å². The van der Waals surface area contributed by atoms with Crippen LogP contribution >= 0.6 is 11.8 Å². The van der Waals surface area contributed by atoms with Gasteiger partial charge in [0.1, 0.15) is 12.3 Å². The molecule has 0 radical (unpaired) electrons. The van der Waals surface area contributed by atoms with Crippen LogP contribution in [0.2, 0.25) is 0 Å². The maximum atomic E-state index is 14.3. The first kappa shape index (κ1) is 36.6. The number of carboxylic acid groups (broad SMARTS) is 1. The lowest BCUT2D eigenvalue weighted by atomic mass is 9.79. The largest absolute Gasteiger partial charge is 0.482 e. The number of aliphatic carboxylic acids is 1. The minimum Gasteiger partial charge on any atom is -0.482 e. The molecule has 0 fully saturated rings. The second kappa shape index (κ2) is 16.7. The summed E-state index contributed by atoms with van der Waals surface area (Å²) in [5, 5.41) is 12.1. The normalized spacial score (nSPS) is 14.7. The summed E-state index contributed by atoms with van der Waals surface area (Å²) in [6.07, 6.45) is 7.20. The Morgan fingerprint density at radius 1 is 0.979 bits per heavy atom. The number of urea groups is 1. The van der Waals surface area contributed by atoms with Gasteiger partial charge >= 0.3 is 12.0 Å². The van der Waals surface area contributed by atoms with Gasteiger partial charge in [-0.1, -0.05) is 75.9 Å². The molecule has 1 heterocycles. The number of sulfone groups is 1. The number of carbonyl (C=O) groups excluding carboxylic acids is 2. The second-order valence-corrected chi connectivity index (χ2v) is 14.7. The molecule has 0 saturated carbocycles. The number of carboxylic acids is 1. The predicted octanol–water partition coefficient (Wildman–Crippen LogP) is 6.41. The minimum atomic E-state index is -3.79. The Hall–Kier alpha value is -4.23. The van der Waals surface area contributed by atoms with Crippen molar-refractivity contribution in [1.29, 1.82) is 0 Å². The Morgan fingerprint density at radius 2 is 1.60 bits per heavy atom. The molecule has 11 nitrogen and oxygen atoms in total. The molecule has 0 bridgehead atoms. The Balaban J connectivity index is 1.68. The molecule has 0 unspecified atom stereocenters. The fourth-order valence-corrected chi connectivity index (χ4v) is 8.58. The first-order valence-electron chi connectivity index (χ1n) is 16.1. The highest BCUT2D eigenvalue weighted by atomic mass is 32.2. The number of fused-ring (bicyclic) bond motifs is 1. The number of hydrogen-bond donors (Lipinski definition) is 3. The molecule has 0 aromatic heterocycles. The van der Waals surface area contributed by atoms with E-state index in [1.807, 2.05) is 42.7 Å². The number of para-hydroxylation sites is 2. The van der Waals surface area contributed by atoms with Gasteiger partial charge in [0.25, 0.3) is 5.91 Å². The van der Waals surface area contributed by atoms with Gasteiger partial charge in [0, 0.05) is 23.7 Å². The molecule has 0 aliphatic carbocycles. The fraction of sp³-hybridized carbons (Fsp3) is 0.400. The summed E-state index contributed by atoms with van der Waals surface area (Å²) in [5.41, 5.74) is 3.77. The van der Waals surface area contributed by atoms with Crippen LogP contribution in [0.3, 0.4) is 0 Å². The van der Waals surface area contributed by atoms with E-state index in [4.69, 9.17) is 9.84 Å². The summed E-state index contributed by atoms with van der Waals surface area (Å²) in [7, 11) is -3.79. The highest BCUT2D eigenvalue weighted by molar-refractivity contribution is 7.98. The summed E-state index contributed by atoms with van der Waals surface area (Å²) < 4.78 is 34.6. The molecule has 0 saturated heterocycles. The number of anilines is 3. The Labute approximate surface area is 286 Å². The van der Waals surface area contributed by atoms with Crippen molar-refractivity contribution in [2.45, 2.75) is 62.2 Å². The number of benzene rings is 3. The quantitative estimate of drug-likeness (QED) is 0.129. The molecule has 48 heavy (non-hydrogen) atoms. The van der Waals surface area contributed by atoms with Gasteiger partial charge in [-0.3, -0.25) is 15.0 Å². The Bertz CT molecular complexity index is 1660. The molecular weight excluding hydrogens is 653 g/mol. The third kappa shape index (κ3) is 9.22. The van der Waals surface area contributed by atoms with Crippen molar-refractivity contribution in [3.8, 4) is 5.75 Å². The predicted molar refractivity (Wildman–Crippen MR) is 189 cm³/mol. The van der Waals surface area contributed by atoms with Crippen molar-refractivity contribution < 1.29 is 32.6 Å². The minimum absolute atomic E-state index is 0.00631. The number of hydrazine groups is 1. The van der Waals surface area contributed by atoms with E-state index in [2.05, 4.69) is 29.5 Å². The van der Waals surface area contributed by atoms with Gasteiger partial charge in [0.15, 0.2) is 16.4 Å². The second-order valence-electron chi connectivity index (χ2n) is 11.9. The van der Waals surface area contributed by atoms with Gasteiger partial charge in [-0.25, -0.2) is 18.2 Å². The van der Waals surface area contributed by atoms with Gasteiger partial charge in [0.05, 0.1) is 26.9 Å². The summed E-state index contributed by atoms with van der Waals surface area (Å²) in [5.74, 6) is -1.72. The zero-order chi connectivity index (χ0) is 34.7. The number of unbranched alkanes of at least 4 members (excludes halogenated alkanes) is 2. The third-order valence-electron chi connectivity index (χ3n) is 8.25. The molecule has 3 aromatic rings. The standard InChI is InChI=1S/C35H44N4O7S2/c1-4-6-18-35(19-7-5-2)24-38(26-14-10-8-11-15-26)28-20-30(47-3)29(21-31(28)48(44,45)25-35)46-23-32(40)37-39(27-16-12-9-13-17-27)34(43)36-22-33(41)42/h8-17,20-21H,4-7,18-19,22-25H2,1-3H3,(H,36,43)(H,37,40)(H,41,42). The summed E-state index contributed by atoms with van der Waals surface area (Å²) in [6.45, 7) is 3.61. The van der Waals surface area contributed by atoms with E-state index in [0.717, 1.165) is 49.2 Å². The van der Waals surface area contributed by atoms with E-state index in [1.165, 1.54) is 17.8 Å². The maximum Gasteiger partial charge on any atom is 0.341 e. The van der Waals surface area contributed by atoms with Crippen molar-refractivity contribution in [1.82, 2.24) is 10.7 Å². The van der Waals surface area contributed by atoms with Crippen LogP contribution in [0.5, 0.6) is 5.75 Å². The van der Waals surface area contributed by atoms with Crippen LogP contribution in [-0.4, -0.2) is 63.1 Å². The number of rotatable bonds is 14. The molecule has 3 aromatic carbocycles. The number of nitrogens with zero attached hydrogens (tertiary/aromatic N) is 2. The summed E-state index contributed by atoms with van der Waals surface area (Å²) in [4.78, 5) is 39.8. The SMILES string of the molecule is CCCCC1(CCCC)CN(c2ccccc2)c2cc(SC)c(OCC(=O)NN(C(=O)NCC(=O)O)c3ccccc3)cc2S(=O)(=O)C1. The van der Waals surface area contributed by atoms with E-state index in [0.29, 0.717) is 22.8 Å². The van der Waals surface area contributed by atoms with Crippen molar-refractivity contribution in [2.24, 2.45) is 5.41 Å². The zero-order valence-corrected chi connectivity index (χ0v) is 29.2. The Kier molecular flexibility index (Phi) is 12.8. The van der Waals surface area contributed by atoms with Crippen molar-refractivity contribution in [3.63, 3.8) is 0 Å². The first-order valence-corrected chi connectivity index (χ1v) is 18.9. The van der Waals surface area contributed by atoms with Crippen molar-refractivity contribution >= 4 is 56.6 Å². The van der Waals surface area contributed by atoms with E-state index >= 15 is 0 Å². The highest BCUT2D eigenvalue weighted by Gasteiger charge is 2.42. The van der Waals surface area contributed by atoms with Crippen LogP contribution in [0.25, 0.3) is 0 Å². The third-order valence-corrected chi connectivity index (χ3v) is 11.0. The number of ether oxygens (including phenoxy) is 1. The zero-order valence-electron chi connectivity index (χ0n) is 27.6. The fourth-order valence-electron chi connectivity index (χ4n) is 5.92. The first-order chi connectivity index (χ1) is 23.0. The summed E-state index contributed by atoms with van der Waals surface area (Å²) >= 11 is 1.37. The maximum absolute atomic E-state index is 14.3. The van der Waals surface area contributed by atoms with Crippen LogP contribution in [0.4, 0.5) is 21.9 Å². The van der Waals surface area contributed by atoms with Crippen LogP contribution < -0.4 is 25.4 Å². The topological polar surface area (TPSA) is 145 Å². The van der Waals surface area contributed by atoms with Crippen molar-refractivity contribution in [2.75, 3.05) is 41.6 Å². The Morgan fingerprint density at radius 3 is 2.19 bits per heavy atom. The number of thioether (sulfide) groups is 1. The number of hydrogen-bond acceptors (Lipinski definition) is 8. The van der Waals surface area contributed by atoms with Crippen LogP contribution in [-0.2, 0) is 19.4 Å². The average Bonchev–Trinajstić information content (AvgIpc) is 3.18. The van der Waals surface area contributed by atoms with Gasteiger partial charge in [-0.2, -0.15) is 0 Å². The van der Waals surface area contributed by atoms with Gasteiger partial charge in [-0.15, -0.1) is 11.8 Å². The molecule has 1 aliphatic heterocycles. The lowest BCUT2D eigenvalue weighted by Crippen LogP contribution is -2.53. The summed E-state index contributed by atoms with van der Waals surface area (Å²) in [6, 6.07) is 20.5. The molecule has 1 aliphatic rings. The van der Waals surface area contributed by atoms with Gasteiger partial charge in [-0.05, 0) is 49.4 Å². The van der Waals surface area contributed by atoms with E-state index in [-0.39, 0.29) is 16.4 Å². The molecular formula is C35H44N4O7S2. The molecule has 0 spiro atoms. The average molecular weight is 697 g/mol. The molecule has 0 atom stereocenters. The molecule has 4 rings (SSSR count). The van der Waals surface area contributed by atoms with Crippen LogP contribution in [0.1, 0.15) is 52.4 Å². The van der Waals surface area contributed by atoms with Gasteiger partial charge < -0.3 is 20.1 Å². The van der Waals surface area contributed by atoms with Gasteiger partial charge in [0.2, 0.25) is 0 Å². The van der Waals surface area contributed by atoms with Crippen molar-refractivity contribution in [3.05, 3.63) is 72.8 Å². The number of carbonyl (C=O) groups is 3. The number of amides is 3. The smallest absolute Gasteiger partial charge is 0.341 e. The number of nitrogens with one attached hydrogen (secondary N) is 2. The van der Waals surface area contributed by atoms with E-state index in [9.17, 15) is 22.8 Å². The lowest BCUT2D eigenvalue weighted by molar-refractivity contribution is -0.135. The molecule has 13 heteroatoms. The lowest BCUT2D eigenvalue weighted by Gasteiger charge is -2.37. The molecule has 3 N–H and O–H groups in total.